The summed E-state index contributed by atoms with van der Waals surface area (Å²) in [5.41, 5.74) is -0.491. The molecule has 0 aromatic heterocycles. The lowest BCUT2D eigenvalue weighted by molar-refractivity contribution is -0.383. The van der Waals surface area contributed by atoms with Gasteiger partial charge in [-0.25, -0.2) is 0 Å². The maximum atomic E-state index is 12.6. The molecule has 1 saturated carbocycles. The Balaban J connectivity index is 1.56. The van der Waals surface area contributed by atoms with E-state index in [-0.39, 0.29) is 26.8 Å². The van der Waals surface area contributed by atoms with E-state index >= 15 is 0 Å². The number of carbonyl (C=O) groups is 4. The van der Waals surface area contributed by atoms with E-state index in [0.29, 0.717) is 12.8 Å². The number of ether oxygens (including phenoxy) is 2. The lowest BCUT2D eigenvalue weighted by Crippen LogP contribution is -2.37. The third-order valence-corrected chi connectivity index (χ3v) is 8.06. The Hall–Kier alpha value is -2.54. The average Bonchev–Trinajstić information content (AvgIpc) is 2.96. The van der Waals surface area contributed by atoms with E-state index in [0.717, 1.165) is 4.90 Å². The maximum absolute atomic E-state index is 12.6. The number of anilines is 1. The highest BCUT2D eigenvalue weighted by Crippen LogP contribution is 2.43. The standard InChI is InChI=1S/C19H19Br2N3O8/c1-31-9-2-3-15(24(29)30)14(4-9)22-16(25)8-32-17(26)7-23-18(27)10-5-12(20)13(21)6-11(10)19(23)28/h2-4,10-13H,5-8H2,1H3,(H,22,25)/t10-,11+,12+,13-. The molecule has 3 rings (SSSR count). The maximum Gasteiger partial charge on any atom is 0.326 e. The summed E-state index contributed by atoms with van der Waals surface area (Å²) in [7, 11) is 1.36. The number of esters is 1. The highest BCUT2D eigenvalue weighted by atomic mass is 79.9. The van der Waals surface area contributed by atoms with Crippen LogP contribution in [0.25, 0.3) is 0 Å². The van der Waals surface area contributed by atoms with Crippen molar-refractivity contribution in [3.05, 3.63) is 28.3 Å². The number of methoxy groups -OCH3 is 1. The number of fused-ring (bicyclic) bond motifs is 1. The zero-order valence-electron chi connectivity index (χ0n) is 16.8. The van der Waals surface area contributed by atoms with E-state index in [9.17, 15) is 29.3 Å². The number of carbonyl (C=O) groups excluding carboxylic acids is 4. The molecule has 172 valence electrons. The predicted molar refractivity (Wildman–Crippen MR) is 118 cm³/mol. The van der Waals surface area contributed by atoms with Crippen molar-refractivity contribution < 1.29 is 33.6 Å². The first-order chi connectivity index (χ1) is 15.1. The third kappa shape index (κ3) is 5.09. The van der Waals surface area contributed by atoms with E-state index in [4.69, 9.17) is 9.47 Å². The van der Waals surface area contributed by atoms with Crippen molar-refractivity contribution in [1.82, 2.24) is 4.90 Å². The Kier molecular flexibility index (Phi) is 7.49. The lowest BCUT2D eigenvalue weighted by Gasteiger charge is -2.29. The molecule has 1 aliphatic carbocycles. The van der Waals surface area contributed by atoms with Crippen LogP contribution in [0.4, 0.5) is 11.4 Å². The Morgan fingerprint density at radius 3 is 2.31 bits per heavy atom. The molecule has 1 saturated heterocycles. The van der Waals surface area contributed by atoms with E-state index in [1.807, 2.05) is 0 Å². The number of likely N-dealkylation sites (tertiary alicyclic amines) is 1. The Labute approximate surface area is 199 Å². The van der Waals surface area contributed by atoms with Gasteiger partial charge in [-0.05, 0) is 18.9 Å². The summed E-state index contributed by atoms with van der Waals surface area (Å²) >= 11 is 6.97. The molecule has 1 aromatic carbocycles. The van der Waals surface area contributed by atoms with E-state index in [1.54, 1.807) is 0 Å². The Bertz CT molecular complexity index is 944. The molecule has 0 radical (unpaired) electrons. The smallest absolute Gasteiger partial charge is 0.326 e. The number of halogens is 2. The lowest BCUT2D eigenvalue weighted by atomic mass is 9.81. The van der Waals surface area contributed by atoms with Crippen LogP contribution in [0.3, 0.4) is 0 Å². The molecule has 0 unspecified atom stereocenters. The molecule has 1 N–H and O–H groups in total. The van der Waals surface area contributed by atoms with Gasteiger partial charge in [-0.15, -0.1) is 0 Å². The highest BCUT2D eigenvalue weighted by Gasteiger charge is 2.52. The highest BCUT2D eigenvalue weighted by molar-refractivity contribution is 9.12. The number of benzene rings is 1. The fourth-order valence-electron chi connectivity index (χ4n) is 3.73. The largest absolute Gasteiger partial charge is 0.497 e. The van der Waals surface area contributed by atoms with Gasteiger partial charge in [0.1, 0.15) is 18.0 Å². The number of nitro benzene ring substituents is 1. The van der Waals surface area contributed by atoms with Crippen molar-refractivity contribution in [2.75, 3.05) is 25.6 Å². The summed E-state index contributed by atoms with van der Waals surface area (Å²) in [6.45, 7) is -1.35. The molecule has 11 nitrogen and oxygen atoms in total. The molecule has 0 spiro atoms. The number of nitro groups is 1. The Morgan fingerprint density at radius 2 is 1.78 bits per heavy atom. The molecule has 3 amide bonds. The zero-order valence-corrected chi connectivity index (χ0v) is 20.0. The zero-order chi connectivity index (χ0) is 23.6. The SMILES string of the molecule is COc1ccc([N+](=O)[O-])c(NC(=O)COC(=O)CN2C(=O)[C@H]3C[C@@H](Br)[C@@H](Br)C[C@H]3C2=O)c1. The van der Waals surface area contributed by atoms with Crippen LogP contribution in [0.5, 0.6) is 5.75 Å². The predicted octanol–water partition coefficient (Wildman–Crippen LogP) is 2.01. The van der Waals surface area contributed by atoms with Crippen molar-refractivity contribution in [2.45, 2.75) is 22.5 Å². The van der Waals surface area contributed by atoms with Crippen molar-refractivity contribution in [2.24, 2.45) is 11.8 Å². The molecule has 2 aliphatic rings. The van der Waals surface area contributed by atoms with E-state index in [1.165, 1.54) is 25.3 Å². The number of imide groups is 1. The second kappa shape index (κ2) is 9.94. The van der Waals surface area contributed by atoms with Gasteiger partial charge in [-0.3, -0.25) is 34.2 Å². The van der Waals surface area contributed by atoms with Crippen molar-refractivity contribution >= 4 is 66.9 Å². The minimum atomic E-state index is -0.938. The monoisotopic (exact) mass is 575 g/mol. The summed E-state index contributed by atoms with van der Waals surface area (Å²) in [5.74, 6) is -3.34. The quantitative estimate of drug-likeness (QED) is 0.170. The first-order valence-electron chi connectivity index (χ1n) is 9.53. The first kappa shape index (κ1) is 24.1. The number of nitrogens with zero attached hydrogens (tertiary/aromatic N) is 2. The van der Waals surface area contributed by atoms with Crippen LogP contribution in [-0.2, 0) is 23.9 Å². The minimum absolute atomic E-state index is 0.0387. The number of alkyl halides is 2. The van der Waals surface area contributed by atoms with Crippen LogP contribution in [0.15, 0.2) is 18.2 Å². The van der Waals surface area contributed by atoms with Gasteiger partial charge in [0.25, 0.3) is 11.6 Å². The first-order valence-corrected chi connectivity index (χ1v) is 11.4. The number of nitrogens with one attached hydrogen (secondary N) is 1. The molecule has 1 heterocycles. The molecule has 4 atom stereocenters. The van der Waals surface area contributed by atoms with Gasteiger partial charge in [0.05, 0.1) is 23.9 Å². The van der Waals surface area contributed by atoms with Gasteiger partial charge in [-0.1, -0.05) is 31.9 Å². The van der Waals surface area contributed by atoms with Crippen molar-refractivity contribution in [3.8, 4) is 5.75 Å². The van der Waals surface area contributed by atoms with Gasteiger partial charge in [0.15, 0.2) is 6.61 Å². The summed E-state index contributed by atoms with van der Waals surface area (Å²) in [4.78, 5) is 60.8. The number of amides is 3. The number of hydrogen-bond donors (Lipinski definition) is 1. The molecular formula is C19H19Br2N3O8. The minimum Gasteiger partial charge on any atom is -0.497 e. The second-order valence-corrected chi connectivity index (χ2v) is 9.68. The van der Waals surface area contributed by atoms with Crippen molar-refractivity contribution in [1.29, 1.82) is 0 Å². The third-order valence-electron chi connectivity index (χ3n) is 5.33. The molecule has 1 aliphatic heterocycles. The molecule has 32 heavy (non-hydrogen) atoms. The fraction of sp³-hybridized carbons (Fsp3) is 0.474. The normalized spacial score (nSPS) is 24.7. The van der Waals surface area contributed by atoms with Crippen LogP contribution >= 0.6 is 31.9 Å². The molecule has 13 heteroatoms. The summed E-state index contributed by atoms with van der Waals surface area (Å²) in [6.07, 6.45) is 0.941. The summed E-state index contributed by atoms with van der Waals surface area (Å²) in [5, 5.41) is 13.4. The van der Waals surface area contributed by atoms with Crippen LogP contribution in [-0.4, -0.2) is 63.4 Å². The van der Waals surface area contributed by atoms with Crippen LogP contribution in [0, 0.1) is 22.0 Å². The number of hydrogen-bond acceptors (Lipinski definition) is 8. The van der Waals surface area contributed by atoms with Gasteiger partial charge in [-0.2, -0.15) is 0 Å². The number of rotatable bonds is 7. The summed E-state index contributed by atoms with van der Waals surface area (Å²) in [6, 6.07) is 3.79. The Morgan fingerprint density at radius 1 is 1.19 bits per heavy atom. The van der Waals surface area contributed by atoms with E-state index in [2.05, 4.69) is 37.2 Å². The molecule has 1 aromatic rings. The summed E-state index contributed by atoms with van der Waals surface area (Å²) < 4.78 is 9.85. The van der Waals surface area contributed by atoms with Gasteiger partial charge in [0, 0.05) is 21.8 Å². The van der Waals surface area contributed by atoms with Crippen LogP contribution in [0.2, 0.25) is 0 Å². The molecule has 0 bridgehead atoms. The van der Waals surface area contributed by atoms with Gasteiger partial charge in [0.2, 0.25) is 11.8 Å². The van der Waals surface area contributed by atoms with Crippen molar-refractivity contribution in [3.63, 3.8) is 0 Å². The van der Waals surface area contributed by atoms with Gasteiger partial charge < -0.3 is 14.8 Å². The topological polar surface area (TPSA) is 145 Å². The van der Waals surface area contributed by atoms with E-state index < -0.39 is 53.6 Å². The molecule has 2 fully saturated rings. The van der Waals surface area contributed by atoms with Crippen LogP contribution < -0.4 is 10.1 Å². The van der Waals surface area contributed by atoms with Crippen LogP contribution in [0.1, 0.15) is 12.8 Å². The average molecular weight is 577 g/mol. The second-order valence-electron chi connectivity index (χ2n) is 7.33. The fourth-order valence-corrected chi connectivity index (χ4v) is 4.97. The molecular weight excluding hydrogens is 558 g/mol. The van der Waals surface area contributed by atoms with Gasteiger partial charge >= 0.3 is 5.97 Å².